The van der Waals surface area contributed by atoms with E-state index in [-0.39, 0.29) is 29.7 Å². The number of carbonyl (C=O) groups excluding carboxylic acids is 2. The van der Waals surface area contributed by atoms with Gasteiger partial charge in [0.1, 0.15) is 0 Å². The van der Waals surface area contributed by atoms with E-state index in [2.05, 4.69) is 6.92 Å². The van der Waals surface area contributed by atoms with Gasteiger partial charge in [0.2, 0.25) is 11.8 Å². The zero-order valence-corrected chi connectivity index (χ0v) is 12.6. The molecule has 0 N–H and O–H groups in total. The summed E-state index contributed by atoms with van der Waals surface area (Å²) < 4.78 is 0. The molecule has 0 unspecified atom stereocenters. The number of carbonyl (C=O) groups is 2. The number of hydrogen-bond donors (Lipinski definition) is 0. The van der Waals surface area contributed by atoms with Gasteiger partial charge in [-0.15, -0.1) is 0 Å². The molecule has 1 heterocycles. The van der Waals surface area contributed by atoms with Crippen LogP contribution in [0.3, 0.4) is 0 Å². The van der Waals surface area contributed by atoms with Gasteiger partial charge >= 0.3 is 0 Å². The second-order valence-electron chi connectivity index (χ2n) is 6.40. The van der Waals surface area contributed by atoms with Gasteiger partial charge in [-0.3, -0.25) is 14.5 Å². The van der Waals surface area contributed by atoms with Gasteiger partial charge in [-0.2, -0.15) is 0 Å². The minimum atomic E-state index is -0.179. The fraction of sp³-hybridized carbons (Fsp3) is 0.556. The highest BCUT2D eigenvalue weighted by atomic mass is 16.2. The zero-order chi connectivity index (χ0) is 14.8. The highest BCUT2D eigenvalue weighted by Crippen LogP contribution is 2.36. The topological polar surface area (TPSA) is 37.4 Å². The molecule has 2 fully saturated rings. The minimum absolute atomic E-state index is 0.0414. The third kappa shape index (κ3) is 2.74. The summed E-state index contributed by atoms with van der Waals surface area (Å²) >= 11 is 0. The predicted molar refractivity (Wildman–Crippen MR) is 81.7 cm³/mol. The largest absolute Gasteiger partial charge is 0.279 e. The molecule has 2 aliphatic rings. The van der Waals surface area contributed by atoms with Crippen LogP contribution in [0.4, 0.5) is 0 Å². The van der Waals surface area contributed by atoms with Gasteiger partial charge in [0.25, 0.3) is 0 Å². The SMILES string of the molecule is C[C@@H](c1ccccc1)[C@H]1CC(=O)N(C2CCCCC2)C1=O. The molecule has 1 aromatic rings. The lowest BCUT2D eigenvalue weighted by molar-refractivity contribution is -0.143. The number of likely N-dealkylation sites (tertiary alicyclic amines) is 1. The Morgan fingerprint density at radius 1 is 1.05 bits per heavy atom. The lowest BCUT2D eigenvalue weighted by atomic mass is 9.86. The number of imide groups is 1. The Kier molecular flexibility index (Phi) is 4.09. The standard InChI is InChI=1S/C18H23NO2/c1-13(14-8-4-2-5-9-14)16-12-17(20)19(18(16)21)15-10-6-3-7-11-15/h2,4-5,8-9,13,15-16H,3,6-7,10-12H2,1H3/t13-,16+/m0/s1. The van der Waals surface area contributed by atoms with Crippen molar-refractivity contribution in [3.8, 4) is 0 Å². The second-order valence-corrected chi connectivity index (χ2v) is 6.40. The van der Waals surface area contributed by atoms with Crippen LogP contribution in [0.2, 0.25) is 0 Å². The quantitative estimate of drug-likeness (QED) is 0.797. The van der Waals surface area contributed by atoms with E-state index in [1.807, 2.05) is 30.3 Å². The molecule has 1 aliphatic heterocycles. The molecular formula is C18H23NO2. The lowest BCUT2D eigenvalue weighted by Gasteiger charge is -2.30. The molecule has 0 spiro atoms. The van der Waals surface area contributed by atoms with Crippen LogP contribution in [-0.2, 0) is 9.59 Å². The molecule has 1 saturated carbocycles. The van der Waals surface area contributed by atoms with Crippen LogP contribution in [-0.4, -0.2) is 22.8 Å². The lowest BCUT2D eigenvalue weighted by Crippen LogP contribution is -2.41. The van der Waals surface area contributed by atoms with E-state index in [4.69, 9.17) is 0 Å². The first-order valence-corrected chi connectivity index (χ1v) is 8.09. The highest BCUT2D eigenvalue weighted by Gasteiger charge is 2.44. The average Bonchev–Trinajstić information content (AvgIpc) is 2.83. The van der Waals surface area contributed by atoms with E-state index in [0.29, 0.717) is 6.42 Å². The van der Waals surface area contributed by atoms with Crippen LogP contribution in [0, 0.1) is 5.92 Å². The third-order valence-corrected chi connectivity index (χ3v) is 5.09. The molecule has 1 aliphatic carbocycles. The molecule has 0 radical (unpaired) electrons. The van der Waals surface area contributed by atoms with Crippen molar-refractivity contribution >= 4 is 11.8 Å². The van der Waals surface area contributed by atoms with Crippen LogP contribution in [0.1, 0.15) is 56.9 Å². The third-order valence-electron chi connectivity index (χ3n) is 5.09. The maximum absolute atomic E-state index is 12.7. The Bertz CT molecular complexity index is 519. The summed E-state index contributed by atoms with van der Waals surface area (Å²) in [6.07, 6.45) is 5.87. The fourth-order valence-corrected chi connectivity index (χ4v) is 3.78. The van der Waals surface area contributed by atoms with Crippen LogP contribution < -0.4 is 0 Å². The number of amides is 2. The van der Waals surface area contributed by atoms with E-state index < -0.39 is 0 Å². The molecule has 3 heteroatoms. The first-order chi connectivity index (χ1) is 10.2. The highest BCUT2D eigenvalue weighted by molar-refractivity contribution is 6.04. The number of benzene rings is 1. The van der Waals surface area contributed by atoms with Gasteiger partial charge in [-0.25, -0.2) is 0 Å². The summed E-state index contributed by atoms with van der Waals surface area (Å²) in [5, 5.41) is 0. The van der Waals surface area contributed by atoms with Crippen molar-refractivity contribution in [2.24, 2.45) is 5.92 Å². The molecule has 112 valence electrons. The summed E-state index contributed by atoms with van der Waals surface area (Å²) in [5.74, 6) is 0.0287. The maximum atomic E-state index is 12.7. The Labute approximate surface area is 126 Å². The molecule has 0 bridgehead atoms. The van der Waals surface area contributed by atoms with E-state index in [1.54, 1.807) is 4.90 Å². The Morgan fingerprint density at radius 2 is 1.71 bits per heavy atom. The summed E-state index contributed by atoms with van der Waals surface area (Å²) in [4.78, 5) is 26.7. The molecule has 1 saturated heterocycles. The van der Waals surface area contributed by atoms with E-state index in [0.717, 1.165) is 31.2 Å². The monoisotopic (exact) mass is 285 g/mol. The molecule has 1 aromatic carbocycles. The van der Waals surface area contributed by atoms with Gasteiger partial charge in [-0.05, 0) is 24.3 Å². The molecule has 2 atom stereocenters. The summed E-state index contributed by atoms with van der Waals surface area (Å²) in [7, 11) is 0. The van der Waals surface area contributed by atoms with Crippen molar-refractivity contribution in [2.75, 3.05) is 0 Å². The van der Waals surface area contributed by atoms with Crippen molar-refractivity contribution in [1.29, 1.82) is 0 Å². The Morgan fingerprint density at radius 3 is 2.38 bits per heavy atom. The summed E-state index contributed by atoms with van der Waals surface area (Å²) in [5.41, 5.74) is 1.15. The summed E-state index contributed by atoms with van der Waals surface area (Å²) in [6.45, 7) is 2.07. The van der Waals surface area contributed by atoms with E-state index >= 15 is 0 Å². The van der Waals surface area contributed by atoms with Crippen LogP contribution in [0.5, 0.6) is 0 Å². The smallest absolute Gasteiger partial charge is 0.233 e. The zero-order valence-electron chi connectivity index (χ0n) is 12.6. The van der Waals surface area contributed by atoms with Gasteiger partial charge in [0.05, 0.1) is 5.92 Å². The molecule has 21 heavy (non-hydrogen) atoms. The maximum Gasteiger partial charge on any atom is 0.233 e. The molecule has 0 aromatic heterocycles. The second kappa shape index (κ2) is 6.00. The van der Waals surface area contributed by atoms with Crippen molar-refractivity contribution in [1.82, 2.24) is 4.90 Å². The first kappa shape index (κ1) is 14.3. The van der Waals surface area contributed by atoms with Crippen LogP contribution in [0.25, 0.3) is 0 Å². The van der Waals surface area contributed by atoms with Crippen molar-refractivity contribution in [3.63, 3.8) is 0 Å². The predicted octanol–water partition coefficient (Wildman–Crippen LogP) is 3.50. The molecule has 3 nitrogen and oxygen atoms in total. The van der Waals surface area contributed by atoms with Gasteiger partial charge < -0.3 is 0 Å². The van der Waals surface area contributed by atoms with Crippen molar-refractivity contribution in [2.45, 2.75) is 57.4 Å². The fourth-order valence-electron chi connectivity index (χ4n) is 3.78. The minimum Gasteiger partial charge on any atom is -0.279 e. The number of rotatable bonds is 3. The van der Waals surface area contributed by atoms with E-state index in [1.165, 1.54) is 6.42 Å². The van der Waals surface area contributed by atoms with E-state index in [9.17, 15) is 9.59 Å². The van der Waals surface area contributed by atoms with Crippen molar-refractivity contribution < 1.29 is 9.59 Å². The summed E-state index contributed by atoms with van der Waals surface area (Å²) in [6, 6.07) is 10.2. The van der Waals surface area contributed by atoms with Gasteiger partial charge in [-0.1, -0.05) is 56.5 Å². The average molecular weight is 285 g/mol. The normalized spacial score (nSPS) is 25.4. The Hall–Kier alpha value is -1.64. The molecule has 3 rings (SSSR count). The van der Waals surface area contributed by atoms with Crippen LogP contribution >= 0.6 is 0 Å². The van der Waals surface area contributed by atoms with Gasteiger partial charge in [0, 0.05) is 12.5 Å². The number of hydrogen-bond acceptors (Lipinski definition) is 2. The van der Waals surface area contributed by atoms with Crippen molar-refractivity contribution in [3.05, 3.63) is 35.9 Å². The Balaban J connectivity index is 1.76. The molecule has 2 amide bonds. The number of nitrogens with zero attached hydrogens (tertiary/aromatic N) is 1. The van der Waals surface area contributed by atoms with Crippen LogP contribution in [0.15, 0.2) is 30.3 Å². The molecular weight excluding hydrogens is 262 g/mol. The van der Waals surface area contributed by atoms with Gasteiger partial charge in [0.15, 0.2) is 0 Å². The first-order valence-electron chi connectivity index (χ1n) is 8.09.